The Morgan fingerprint density at radius 2 is 0.722 bits per heavy atom. The highest BCUT2D eigenvalue weighted by atomic mass is 32.1. The molecule has 10 aromatic rings. The number of aryl methyl sites for hydroxylation is 2. The molecule has 0 atom stereocenters. The van der Waals surface area contributed by atoms with Gasteiger partial charge in [0.1, 0.15) is 4.64 Å². The largest absolute Gasteiger partial charge is 0.310 e. The van der Waals surface area contributed by atoms with E-state index >= 15 is 0 Å². The molecule has 1 aliphatic rings. The van der Waals surface area contributed by atoms with E-state index in [4.69, 9.17) is 12.2 Å². The smallest absolute Gasteiger partial charge is 0.120 e. The molecule has 0 saturated heterocycles. The summed E-state index contributed by atoms with van der Waals surface area (Å²) in [6, 6.07) is 65.2. The number of benzene rings is 7. The minimum absolute atomic E-state index is 0.841. The van der Waals surface area contributed by atoms with Gasteiger partial charge in [0.25, 0.3) is 0 Å². The summed E-state index contributed by atoms with van der Waals surface area (Å²) in [4.78, 5) is 4.71. The SMILES string of the molecule is S=c1c2ccccc2n2c3ccc(N(c4ccccc4)c4ccccc4)cc3c3c2c2c(c4cc(N(c5ccccc5)c5ccccc5)ccc4n12)CC3. The Kier molecular flexibility index (Phi) is 6.97. The standard InChI is InChI=1S/C49H34N4S/c54-49-41-23-13-14-24-44(41)52-45-29-25-37(50(33-15-5-1-6-16-33)34-17-7-2-8-18-34)31-42(45)39-27-28-40-43-32-38(26-30-46(43)53(49)48(40)47(39)52)51(35-19-9-3-10-20-35)36-21-11-4-12-22-36/h1-26,29-32H,27-28H2. The first-order valence-corrected chi connectivity index (χ1v) is 18.9. The lowest BCUT2D eigenvalue weighted by molar-refractivity contribution is 0.976. The molecule has 0 fully saturated rings. The number of hydrogen-bond donors (Lipinski definition) is 0. The molecule has 3 aromatic heterocycles. The van der Waals surface area contributed by atoms with Crippen LogP contribution in [-0.4, -0.2) is 8.80 Å². The number of hydrogen-bond acceptors (Lipinski definition) is 3. The third-order valence-electron chi connectivity index (χ3n) is 11.1. The van der Waals surface area contributed by atoms with Gasteiger partial charge in [0.05, 0.1) is 27.6 Å². The summed E-state index contributed by atoms with van der Waals surface area (Å²) in [5, 5.41) is 3.60. The average Bonchev–Trinajstić information content (AvgIpc) is 3.71. The number of para-hydroxylation sites is 5. The molecule has 0 unspecified atom stereocenters. The van der Waals surface area contributed by atoms with Crippen LogP contribution in [0.15, 0.2) is 182 Å². The van der Waals surface area contributed by atoms with Crippen LogP contribution in [-0.2, 0) is 12.8 Å². The monoisotopic (exact) mass is 710 g/mol. The van der Waals surface area contributed by atoms with Gasteiger partial charge in [-0.05, 0) is 121 Å². The van der Waals surface area contributed by atoms with Gasteiger partial charge >= 0.3 is 0 Å². The molecule has 7 aromatic carbocycles. The molecule has 54 heavy (non-hydrogen) atoms. The third-order valence-corrected chi connectivity index (χ3v) is 11.5. The molecule has 0 spiro atoms. The number of nitrogens with zero attached hydrogens (tertiary/aromatic N) is 4. The Morgan fingerprint density at radius 3 is 1.19 bits per heavy atom. The Morgan fingerprint density at radius 1 is 0.352 bits per heavy atom. The summed E-state index contributed by atoms with van der Waals surface area (Å²) in [6.45, 7) is 0. The summed E-state index contributed by atoms with van der Waals surface area (Å²) >= 11 is 6.48. The van der Waals surface area contributed by atoms with Crippen LogP contribution in [0.4, 0.5) is 34.1 Å². The van der Waals surface area contributed by atoms with E-state index in [1.165, 1.54) is 38.4 Å². The van der Waals surface area contributed by atoms with Crippen LogP contribution in [0.3, 0.4) is 0 Å². The zero-order valence-electron chi connectivity index (χ0n) is 29.4. The van der Waals surface area contributed by atoms with Crippen LogP contribution < -0.4 is 9.80 Å². The predicted octanol–water partition coefficient (Wildman–Crippen LogP) is 13.4. The number of fused-ring (bicyclic) bond motifs is 8. The van der Waals surface area contributed by atoms with E-state index in [-0.39, 0.29) is 0 Å². The molecule has 0 N–H and O–H groups in total. The first-order valence-electron chi connectivity index (χ1n) is 18.5. The van der Waals surface area contributed by atoms with Crippen molar-refractivity contribution in [3.8, 4) is 0 Å². The summed E-state index contributed by atoms with van der Waals surface area (Å²) in [6.07, 6.45) is 1.86. The molecule has 256 valence electrons. The van der Waals surface area contributed by atoms with Crippen LogP contribution in [0.1, 0.15) is 11.1 Å². The van der Waals surface area contributed by atoms with Gasteiger partial charge in [-0.25, -0.2) is 0 Å². The third kappa shape index (κ3) is 4.58. The summed E-state index contributed by atoms with van der Waals surface area (Å²) in [5.74, 6) is 0. The average molecular weight is 711 g/mol. The van der Waals surface area contributed by atoms with E-state index in [2.05, 4.69) is 201 Å². The van der Waals surface area contributed by atoms with Crippen LogP contribution in [0, 0.1) is 4.64 Å². The summed E-state index contributed by atoms with van der Waals surface area (Å²) in [5.41, 5.74) is 15.5. The van der Waals surface area contributed by atoms with Crippen molar-refractivity contribution in [2.45, 2.75) is 12.8 Å². The van der Waals surface area contributed by atoms with Crippen molar-refractivity contribution >= 4 is 90.1 Å². The van der Waals surface area contributed by atoms with Gasteiger partial charge in [0.15, 0.2) is 0 Å². The number of aromatic nitrogens is 2. The molecule has 4 nitrogen and oxygen atoms in total. The minimum Gasteiger partial charge on any atom is -0.310 e. The highest BCUT2D eigenvalue weighted by Gasteiger charge is 2.27. The van der Waals surface area contributed by atoms with E-state index in [1.54, 1.807) is 0 Å². The molecular formula is C49H34N4S. The highest BCUT2D eigenvalue weighted by Crippen LogP contribution is 2.45. The van der Waals surface area contributed by atoms with Gasteiger partial charge in [0.2, 0.25) is 0 Å². The van der Waals surface area contributed by atoms with Crippen molar-refractivity contribution in [3.63, 3.8) is 0 Å². The molecule has 1 aliphatic carbocycles. The zero-order chi connectivity index (χ0) is 35.8. The van der Waals surface area contributed by atoms with Crippen molar-refractivity contribution < 1.29 is 0 Å². The fourth-order valence-electron chi connectivity index (χ4n) is 8.85. The second-order valence-corrected chi connectivity index (χ2v) is 14.5. The second-order valence-electron chi connectivity index (χ2n) is 14.1. The molecule has 0 aliphatic heterocycles. The number of rotatable bonds is 6. The summed E-state index contributed by atoms with van der Waals surface area (Å²) in [7, 11) is 0. The van der Waals surface area contributed by atoms with Gasteiger partial charge < -0.3 is 14.2 Å². The Bertz CT molecular complexity index is 3040. The Hall–Kier alpha value is -6.69. The maximum atomic E-state index is 6.48. The maximum Gasteiger partial charge on any atom is 0.120 e. The van der Waals surface area contributed by atoms with Gasteiger partial charge in [-0.2, -0.15) is 0 Å². The molecule has 5 heteroatoms. The normalized spacial score (nSPS) is 12.4. The van der Waals surface area contributed by atoms with Crippen LogP contribution in [0.5, 0.6) is 0 Å². The number of anilines is 6. The van der Waals surface area contributed by atoms with Gasteiger partial charge in [-0.1, -0.05) is 97.1 Å². The van der Waals surface area contributed by atoms with Gasteiger partial charge in [0, 0.05) is 50.3 Å². The second kappa shape index (κ2) is 12.2. The van der Waals surface area contributed by atoms with Crippen LogP contribution in [0.2, 0.25) is 0 Å². The highest BCUT2D eigenvalue weighted by molar-refractivity contribution is 7.71. The van der Waals surface area contributed by atoms with Crippen molar-refractivity contribution in [1.29, 1.82) is 0 Å². The lowest BCUT2D eigenvalue weighted by Crippen LogP contribution is -2.09. The molecule has 0 bridgehead atoms. The first kappa shape index (κ1) is 30.9. The maximum absolute atomic E-state index is 6.48. The van der Waals surface area contributed by atoms with Crippen molar-refractivity contribution in [2.24, 2.45) is 0 Å². The fraction of sp³-hybridized carbons (Fsp3) is 0.0408. The van der Waals surface area contributed by atoms with E-state index in [0.29, 0.717) is 0 Å². The first-order chi connectivity index (χ1) is 26.7. The van der Waals surface area contributed by atoms with E-state index in [9.17, 15) is 0 Å². The fourth-order valence-corrected chi connectivity index (χ4v) is 9.22. The predicted molar refractivity (Wildman–Crippen MR) is 228 cm³/mol. The zero-order valence-corrected chi connectivity index (χ0v) is 30.2. The van der Waals surface area contributed by atoms with Crippen molar-refractivity contribution in [1.82, 2.24) is 8.80 Å². The lowest BCUT2D eigenvalue weighted by Gasteiger charge is -2.25. The van der Waals surface area contributed by atoms with Gasteiger partial charge in [-0.3, -0.25) is 4.40 Å². The lowest BCUT2D eigenvalue weighted by atomic mass is 9.95. The minimum atomic E-state index is 0.841. The Labute approximate surface area is 318 Å². The molecule has 11 rings (SSSR count). The molecule has 0 radical (unpaired) electrons. The molecule has 3 heterocycles. The van der Waals surface area contributed by atoms with E-state index in [0.717, 1.165) is 68.0 Å². The van der Waals surface area contributed by atoms with Crippen LogP contribution in [0.25, 0.3) is 43.7 Å². The molecule has 0 saturated carbocycles. The van der Waals surface area contributed by atoms with E-state index in [1.807, 2.05) is 0 Å². The molecule has 0 amide bonds. The summed E-state index contributed by atoms with van der Waals surface area (Å²) < 4.78 is 5.71. The molecular weight excluding hydrogens is 677 g/mol. The quantitative estimate of drug-likeness (QED) is 0.160. The van der Waals surface area contributed by atoms with Crippen molar-refractivity contribution in [3.05, 3.63) is 198 Å². The van der Waals surface area contributed by atoms with E-state index < -0.39 is 0 Å². The van der Waals surface area contributed by atoms with Gasteiger partial charge in [-0.15, -0.1) is 0 Å². The Balaban J connectivity index is 1.22. The van der Waals surface area contributed by atoms with Crippen LogP contribution >= 0.6 is 12.2 Å². The van der Waals surface area contributed by atoms with Crippen molar-refractivity contribution in [2.75, 3.05) is 9.80 Å². The topological polar surface area (TPSA) is 15.3 Å².